The Kier molecular flexibility index (Phi) is 8.10. The molecule has 3 nitrogen and oxygen atoms in total. The lowest BCUT2D eigenvalue weighted by Crippen LogP contribution is -2.33. The number of hydrogen-bond acceptors (Lipinski definition) is 3. The lowest BCUT2D eigenvalue weighted by Gasteiger charge is -2.27. The lowest BCUT2D eigenvalue weighted by atomic mass is 9.84. The highest BCUT2D eigenvalue weighted by molar-refractivity contribution is 9.10. The van der Waals surface area contributed by atoms with Crippen LogP contribution in [-0.2, 0) is 11.3 Å². The molecule has 1 aliphatic heterocycles. The molecule has 1 saturated heterocycles. The van der Waals surface area contributed by atoms with Crippen molar-refractivity contribution in [1.82, 2.24) is 10.6 Å². The molecule has 1 fully saturated rings. The molecule has 1 amide bonds. The fourth-order valence-electron chi connectivity index (χ4n) is 2.58. The van der Waals surface area contributed by atoms with Crippen molar-refractivity contribution in [3.8, 4) is 0 Å². The number of carbonyl (C=O) groups excluding carboxylic acids is 1. The highest BCUT2D eigenvalue weighted by Crippen LogP contribution is 2.24. The van der Waals surface area contributed by atoms with Crippen molar-refractivity contribution < 1.29 is 4.79 Å². The molecule has 20 heavy (non-hydrogen) atoms. The average molecular weight is 382 g/mol. The Hall–Kier alpha value is -0.100. The summed E-state index contributed by atoms with van der Waals surface area (Å²) >= 11 is 5.09. The van der Waals surface area contributed by atoms with Crippen LogP contribution in [0.2, 0.25) is 0 Å². The fourth-order valence-corrected chi connectivity index (χ4v) is 3.97. The van der Waals surface area contributed by atoms with Crippen LogP contribution < -0.4 is 10.6 Å². The third kappa shape index (κ3) is 5.72. The standard InChI is InChI=1S/C14H21BrN2OS.ClH/c1-10(11-2-4-16-5-3-11)6-14(18)17-8-13-7-12(15)9-19-13;/h7,9-11,16H,2-6,8H2,1H3,(H,17,18);1H. The van der Waals surface area contributed by atoms with Crippen LogP contribution in [0.4, 0.5) is 0 Å². The molecule has 114 valence electrons. The van der Waals surface area contributed by atoms with Gasteiger partial charge in [-0.1, -0.05) is 6.92 Å². The Morgan fingerprint density at radius 3 is 2.85 bits per heavy atom. The maximum Gasteiger partial charge on any atom is 0.220 e. The van der Waals surface area contributed by atoms with Gasteiger partial charge in [0.15, 0.2) is 0 Å². The molecule has 1 aromatic heterocycles. The van der Waals surface area contributed by atoms with E-state index >= 15 is 0 Å². The summed E-state index contributed by atoms with van der Waals surface area (Å²) in [6.45, 7) is 5.05. The maximum absolute atomic E-state index is 11.9. The summed E-state index contributed by atoms with van der Waals surface area (Å²) in [4.78, 5) is 13.1. The first-order valence-corrected chi connectivity index (χ1v) is 8.52. The zero-order chi connectivity index (χ0) is 13.7. The summed E-state index contributed by atoms with van der Waals surface area (Å²) in [5.41, 5.74) is 0. The summed E-state index contributed by atoms with van der Waals surface area (Å²) in [7, 11) is 0. The number of nitrogens with one attached hydrogen (secondary N) is 2. The Bertz CT molecular complexity index is 421. The van der Waals surface area contributed by atoms with Gasteiger partial charge in [0.2, 0.25) is 5.91 Å². The van der Waals surface area contributed by atoms with Gasteiger partial charge in [0.1, 0.15) is 0 Å². The van der Waals surface area contributed by atoms with Crippen molar-refractivity contribution in [1.29, 1.82) is 0 Å². The van der Waals surface area contributed by atoms with E-state index in [2.05, 4.69) is 39.6 Å². The van der Waals surface area contributed by atoms with Gasteiger partial charge in [-0.15, -0.1) is 23.7 Å². The topological polar surface area (TPSA) is 41.1 Å². The first-order chi connectivity index (χ1) is 9.15. The van der Waals surface area contributed by atoms with Crippen LogP contribution >= 0.6 is 39.7 Å². The number of carbonyl (C=O) groups is 1. The molecule has 6 heteroatoms. The minimum absolute atomic E-state index is 0. The second kappa shape index (κ2) is 9.03. The number of rotatable bonds is 5. The monoisotopic (exact) mass is 380 g/mol. The molecule has 0 aromatic carbocycles. The molecule has 1 aliphatic rings. The van der Waals surface area contributed by atoms with E-state index in [9.17, 15) is 4.79 Å². The minimum atomic E-state index is 0. The van der Waals surface area contributed by atoms with Crippen LogP contribution in [0.5, 0.6) is 0 Å². The first kappa shape index (κ1) is 18.0. The molecule has 1 unspecified atom stereocenters. The van der Waals surface area contributed by atoms with E-state index < -0.39 is 0 Å². The van der Waals surface area contributed by atoms with Gasteiger partial charge < -0.3 is 10.6 Å². The van der Waals surface area contributed by atoms with E-state index in [1.165, 1.54) is 17.7 Å². The van der Waals surface area contributed by atoms with Crippen LogP contribution in [0.3, 0.4) is 0 Å². The predicted octanol–water partition coefficient (Wildman–Crippen LogP) is 3.57. The number of piperidine rings is 1. The molecule has 0 saturated carbocycles. The Labute approximate surface area is 139 Å². The average Bonchev–Trinajstić information content (AvgIpc) is 2.83. The Balaban J connectivity index is 0.00000200. The zero-order valence-corrected chi connectivity index (χ0v) is 14.9. The molecule has 1 atom stereocenters. The largest absolute Gasteiger partial charge is 0.351 e. The molecule has 2 heterocycles. The molecule has 2 N–H and O–H groups in total. The van der Waals surface area contributed by atoms with Gasteiger partial charge in [-0.3, -0.25) is 4.79 Å². The Morgan fingerprint density at radius 1 is 1.55 bits per heavy atom. The molecule has 2 rings (SSSR count). The summed E-state index contributed by atoms with van der Waals surface area (Å²) in [6, 6.07) is 2.06. The predicted molar refractivity (Wildman–Crippen MR) is 90.5 cm³/mol. The van der Waals surface area contributed by atoms with E-state index in [-0.39, 0.29) is 18.3 Å². The van der Waals surface area contributed by atoms with Crippen LogP contribution in [0.15, 0.2) is 15.9 Å². The molecule has 0 aliphatic carbocycles. The van der Waals surface area contributed by atoms with Crippen molar-refractivity contribution in [2.75, 3.05) is 13.1 Å². The number of hydrogen-bond donors (Lipinski definition) is 2. The number of thiophene rings is 1. The zero-order valence-electron chi connectivity index (χ0n) is 11.7. The first-order valence-electron chi connectivity index (χ1n) is 6.85. The summed E-state index contributed by atoms with van der Waals surface area (Å²) in [6.07, 6.45) is 3.05. The smallest absolute Gasteiger partial charge is 0.220 e. The highest BCUT2D eigenvalue weighted by atomic mass is 79.9. The van der Waals surface area contributed by atoms with Crippen molar-refractivity contribution in [3.63, 3.8) is 0 Å². The van der Waals surface area contributed by atoms with E-state index in [1.807, 2.05) is 5.38 Å². The van der Waals surface area contributed by atoms with Crippen molar-refractivity contribution in [2.24, 2.45) is 11.8 Å². The van der Waals surface area contributed by atoms with E-state index in [0.717, 1.165) is 17.6 Å². The highest BCUT2D eigenvalue weighted by Gasteiger charge is 2.21. The normalized spacial score (nSPS) is 17.3. The third-order valence-corrected chi connectivity index (χ3v) is 5.48. The quantitative estimate of drug-likeness (QED) is 0.818. The summed E-state index contributed by atoms with van der Waals surface area (Å²) in [5.74, 6) is 1.36. The van der Waals surface area contributed by atoms with Gasteiger partial charge >= 0.3 is 0 Å². The van der Waals surface area contributed by atoms with Gasteiger partial charge in [0.05, 0.1) is 6.54 Å². The minimum Gasteiger partial charge on any atom is -0.351 e. The number of amides is 1. The molecule has 0 spiro atoms. The molecular formula is C14H22BrClN2OS. The van der Waals surface area contributed by atoms with Crippen LogP contribution in [-0.4, -0.2) is 19.0 Å². The summed E-state index contributed by atoms with van der Waals surface area (Å²) in [5, 5.41) is 8.43. The van der Waals surface area contributed by atoms with E-state index in [1.54, 1.807) is 11.3 Å². The second-order valence-electron chi connectivity index (χ2n) is 5.28. The molecule has 0 bridgehead atoms. The van der Waals surface area contributed by atoms with Crippen LogP contribution in [0.1, 0.15) is 31.1 Å². The SMILES string of the molecule is CC(CC(=O)NCc1cc(Br)cs1)C1CCNCC1.Cl. The van der Waals surface area contributed by atoms with E-state index in [4.69, 9.17) is 0 Å². The van der Waals surface area contributed by atoms with Crippen LogP contribution in [0, 0.1) is 11.8 Å². The van der Waals surface area contributed by atoms with Crippen LogP contribution in [0.25, 0.3) is 0 Å². The van der Waals surface area contributed by atoms with Crippen molar-refractivity contribution in [2.45, 2.75) is 32.7 Å². The molecular weight excluding hydrogens is 360 g/mol. The van der Waals surface area contributed by atoms with Gasteiger partial charge in [0.25, 0.3) is 0 Å². The second-order valence-corrected chi connectivity index (χ2v) is 7.19. The fraction of sp³-hybridized carbons (Fsp3) is 0.643. The summed E-state index contributed by atoms with van der Waals surface area (Å²) < 4.78 is 1.09. The lowest BCUT2D eigenvalue weighted by molar-refractivity contribution is -0.122. The Morgan fingerprint density at radius 2 is 2.25 bits per heavy atom. The molecule has 1 aromatic rings. The third-order valence-electron chi connectivity index (χ3n) is 3.78. The molecule has 0 radical (unpaired) electrons. The number of halogens is 2. The van der Waals surface area contributed by atoms with Gasteiger partial charge in [0, 0.05) is 21.2 Å². The van der Waals surface area contributed by atoms with Gasteiger partial charge in [-0.05, 0) is 59.8 Å². The van der Waals surface area contributed by atoms with E-state index in [0.29, 0.717) is 24.8 Å². The van der Waals surface area contributed by atoms with Crippen molar-refractivity contribution >= 4 is 45.6 Å². The maximum atomic E-state index is 11.9. The van der Waals surface area contributed by atoms with Gasteiger partial charge in [-0.25, -0.2) is 0 Å². The van der Waals surface area contributed by atoms with Gasteiger partial charge in [-0.2, -0.15) is 0 Å². The van der Waals surface area contributed by atoms with Crippen molar-refractivity contribution in [3.05, 3.63) is 20.8 Å².